The molecule has 0 bridgehead atoms. The van der Waals surface area contributed by atoms with E-state index in [0.717, 1.165) is 18.1 Å². The molecule has 1 heterocycles. The molecular formula is C15H23ClN2. The van der Waals surface area contributed by atoms with Crippen LogP contribution in [0.25, 0.3) is 0 Å². The highest BCUT2D eigenvalue weighted by Gasteiger charge is 2.35. The first-order valence-corrected chi connectivity index (χ1v) is 7.00. The average Bonchev–Trinajstić information content (AvgIpc) is 2.31. The zero-order chi connectivity index (χ0) is 13.3. The van der Waals surface area contributed by atoms with E-state index in [1.807, 2.05) is 6.07 Å². The summed E-state index contributed by atoms with van der Waals surface area (Å²) in [5, 5.41) is 4.26. The van der Waals surface area contributed by atoms with Gasteiger partial charge in [-0.2, -0.15) is 0 Å². The Labute approximate surface area is 115 Å². The lowest BCUT2D eigenvalue weighted by atomic mass is 9.79. The standard InChI is InChI=1S/C15H23ClN2/c1-11-5-6-12(16)9-13(11)18-8-7-14(17-4)15(2,3)10-18/h5-6,9,14,17H,7-8,10H2,1-4H3. The lowest BCUT2D eigenvalue weighted by Crippen LogP contribution is -2.53. The fourth-order valence-electron chi connectivity index (χ4n) is 3.02. The Morgan fingerprint density at radius 3 is 2.72 bits per heavy atom. The first kappa shape index (κ1) is 13.7. The van der Waals surface area contributed by atoms with Gasteiger partial charge in [-0.1, -0.05) is 31.5 Å². The fourth-order valence-corrected chi connectivity index (χ4v) is 3.19. The molecule has 1 N–H and O–H groups in total. The summed E-state index contributed by atoms with van der Waals surface area (Å²) < 4.78 is 0. The van der Waals surface area contributed by atoms with Crippen molar-refractivity contribution in [2.75, 3.05) is 25.0 Å². The highest BCUT2D eigenvalue weighted by molar-refractivity contribution is 6.30. The minimum absolute atomic E-state index is 0.280. The maximum absolute atomic E-state index is 6.12. The van der Waals surface area contributed by atoms with E-state index in [9.17, 15) is 0 Å². The Bertz CT molecular complexity index is 429. The van der Waals surface area contributed by atoms with Gasteiger partial charge < -0.3 is 10.2 Å². The van der Waals surface area contributed by atoms with Gasteiger partial charge in [0.1, 0.15) is 0 Å². The van der Waals surface area contributed by atoms with Crippen LogP contribution < -0.4 is 10.2 Å². The third kappa shape index (κ3) is 2.65. The second-order valence-corrected chi connectivity index (χ2v) is 6.41. The van der Waals surface area contributed by atoms with E-state index in [-0.39, 0.29) is 5.41 Å². The number of benzene rings is 1. The topological polar surface area (TPSA) is 15.3 Å². The van der Waals surface area contributed by atoms with E-state index in [1.165, 1.54) is 17.7 Å². The van der Waals surface area contributed by atoms with Gasteiger partial charge in [-0.25, -0.2) is 0 Å². The molecule has 1 atom stereocenters. The Hall–Kier alpha value is -0.730. The van der Waals surface area contributed by atoms with Crippen molar-refractivity contribution in [2.24, 2.45) is 5.41 Å². The van der Waals surface area contributed by atoms with Crippen LogP contribution in [0.2, 0.25) is 5.02 Å². The van der Waals surface area contributed by atoms with Crippen LogP contribution in [-0.2, 0) is 0 Å². The van der Waals surface area contributed by atoms with Gasteiger partial charge >= 0.3 is 0 Å². The lowest BCUT2D eigenvalue weighted by Gasteiger charge is -2.45. The highest BCUT2D eigenvalue weighted by Crippen LogP contribution is 2.34. The molecule has 1 saturated heterocycles. The van der Waals surface area contributed by atoms with E-state index in [1.54, 1.807) is 0 Å². The molecule has 1 unspecified atom stereocenters. The SMILES string of the molecule is CNC1CCN(c2cc(Cl)ccc2C)CC1(C)C. The van der Waals surface area contributed by atoms with Crippen LogP contribution in [0.5, 0.6) is 0 Å². The summed E-state index contributed by atoms with van der Waals surface area (Å²) >= 11 is 6.12. The molecule has 0 aromatic heterocycles. The molecule has 2 nitrogen and oxygen atoms in total. The number of halogens is 1. The van der Waals surface area contributed by atoms with Gasteiger partial charge in [0.05, 0.1) is 0 Å². The molecule has 0 amide bonds. The lowest BCUT2D eigenvalue weighted by molar-refractivity contribution is 0.215. The number of anilines is 1. The molecule has 1 fully saturated rings. The Morgan fingerprint density at radius 1 is 1.39 bits per heavy atom. The molecule has 18 heavy (non-hydrogen) atoms. The quantitative estimate of drug-likeness (QED) is 0.882. The van der Waals surface area contributed by atoms with Crippen molar-refractivity contribution in [1.82, 2.24) is 5.32 Å². The van der Waals surface area contributed by atoms with Gasteiger partial charge in [0.15, 0.2) is 0 Å². The molecule has 100 valence electrons. The number of rotatable bonds is 2. The number of nitrogens with one attached hydrogen (secondary N) is 1. The molecule has 1 aliphatic heterocycles. The van der Waals surface area contributed by atoms with E-state index < -0.39 is 0 Å². The van der Waals surface area contributed by atoms with Crippen LogP contribution in [0, 0.1) is 12.3 Å². The normalized spacial score (nSPS) is 23.2. The molecular weight excluding hydrogens is 244 g/mol. The number of aryl methyl sites for hydroxylation is 1. The van der Waals surface area contributed by atoms with Crippen LogP contribution in [0.3, 0.4) is 0 Å². The van der Waals surface area contributed by atoms with Gasteiger partial charge in [0.2, 0.25) is 0 Å². The second kappa shape index (κ2) is 5.10. The molecule has 1 aromatic carbocycles. The van der Waals surface area contributed by atoms with Crippen LogP contribution >= 0.6 is 11.6 Å². The summed E-state index contributed by atoms with van der Waals surface area (Å²) in [6.45, 7) is 8.99. The van der Waals surface area contributed by atoms with Crippen molar-refractivity contribution in [3.05, 3.63) is 28.8 Å². The molecule has 0 radical (unpaired) electrons. The van der Waals surface area contributed by atoms with E-state index >= 15 is 0 Å². The monoisotopic (exact) mass is 266 g/mol. The van der Waals surface area contributed by atoms with Crippen molar-refractivity contribution in [3.63, 3.8) is 0 Å². The van der Waals surface area contributed by atoms with Gasteiger partial charge in [0.25, 0.3) is 0 Å². The summed E-state index contributed by atoms with van der Waals surface area (Å²) in [6.07, 6.45) is 1.18. The first-order chi connectivity index (χ1) is 8.44. The number of hydrogen-bond donors (Lipinski definition) is 1. The van der Waals surface area contributed by atoms with Gasteiger partial charge in [-0.15, -0.1) is 0 Å². The van der Waals surface area contributed by atoms with Crippen LogP contribution in [0.1, 0.15) is 25.8 Å². The zero-order valence-electron chi connectivity index (χ0n) is 11.8. The van der Waals surface area contributed by atoms with Crippen LogP contribution in [0.4, 0.5) is 5.69 Å². The fraction of sp³-hybridized carbons (Fsp3) is 0.600. The van der Waals surface area contributed by atoms with E-state index in [2.05, 4.69) is 50.2 Å². The van der Waals surface area contributed by atoms with Crippen LogP contribution in [-0.4, -0.2) is 26.2 Å². The molecule has 1 aliphatic rings. The number of piperidine rings is 1. The van der Waals surface area contributed by atoms with Gasteiger partial charge in [-0.3, -0.25) is 0 Å². The van der Waals surface area contributed by atoms with E-state index in [0.29, 0.717) is 6.04 Å². The number of hydrogen-bond acceptors (Lipinski definition) is 2. The highest BCUT2D eigenvalue weighted by atomic mass is 35.5. The predicted octanol–water partition coefficient (Wildman–Crippen LogP) is 3.47. The molecule has 2 rings (SSSR count). The van der Waals surface area contributed by atoms with Gasteiger partial charge in [0, 0.05) is 29.8 Å². The average molecular weight is 267 g/mol. The second-order valence-electron chi connectivity index (χ2n) is 5.97. The zero-order valence-corrected chi connectivity index (χ0v) is 12.5. The smallest absolute Gasteiger partial charge is 0.0426 e. The Kier molecular flexibility index (Phi) is 3.88. The van der Waals surface area contributed by atoms with Crippen LogP contribution in [0.15, 0.2) is 18.2 Å². The molecule has 0 aliphatic carbocycles. The summed E-state index contributed by atoms with van der Waals surface area (Å²) in [4.78, 5) is 2.47. The summed E-state index contributed by atoms with van der Waals surface area (Å²) in [5.74, 6) is 0. The number of nitrogens with zero attached hydrogens (tertiary/aromatic N) is 1. The third-order valence-corrected chi connectivity index (χ3v) is 4.32. The summed E-state index contributed by atoms with van der Waals surface area (Å²) in [7, 11) is 2.06. The third-order valence-electron chi connectivity index (χ3n) is 4.09. The van der Waals surface area contributed by atoms with Crippen molar-refractivity contribution in [1.29, 1.82) is 0 Å². The van der Waals surface area contributed by atoms with Crippen molar-refractivity contribution >= 4 is 17.3 Å². The van der Waals surface area contributed by atoms with E-state index in [4.69, 9.17) is 11.6 Å². The minimum atomic E-state index is 0.280. The van der Waals surface area contributed by atoms with Gasteiger partial charge in [-0.05, 0) is 43.5 Å². The molecule has 3 heteroatoms. The maximum Gasteiger partial charge on any atom is 0.0426 e. The van der Waals surface area contributed by atoms with Crippen molar-refractivity contribution < 1.29 is 0 Å². The molecule has 0 spiro atoms. The molecule has 1 aromatic rings. The summed E-state index contributed by atoms with van der Waals surface area (Å²) in [6, 6.07) is 6.75. The predicted molar refractivity (Wildman–Crippen MR) is 79.6 cm³/mol. The maximum atomic E-state index is 6.12. The summed E-state index contributed by atoms with van der Waals surface area (Å²) in [5.41, 5.74) is 2.87. The van der Waals surface area contributed by atoms with Crippen molar-refractivity contribution in [3.8, 4) is 0 Å². The molecule has 0 saturated carbocycles. The van der Waals surface area contributed by atoms with Crippen molar-refractivity contribution in [2.45, 2.75) is 33.2 Å². The minimum Gasteiger partial charge on any atom is -0.371 e. The first-order valence-electron chi connectivity index (χ1n) is 6.62. The largest absolute Gasteiger partial charge is 0.371 e. The Balaban J connectivity index is 2.23. The Morgan fingerprint density at radius 2 is 2.11 bits per heavy atom.